The summed E-state index contributed by atoms with van der Waals surface area (Å²) in [6.07, 6.45) is 1.27. The number of carbonyl (C=O) groups is 1. The molecule has 0 radical (unpaired) electrons. The molecule has 0 saturated heterocycles. The molecule has 4 N–H and O–H groups in total. The van der Waals surface area contributed by atoms with E-state index in [-0.39, 0.29) is 11.3 Å². The van der Waals surface area contributed by atoms with Crippen LogP contribution in [0.2, 0.25) is 0 Å². The summed E-state index contributed by atoms with van der Waals surface area (Å²) in [5, 5.41) is 12.6. The van der Waals surface area contributed by atoms with E-state index >= 15 is 0 Å². The molecule has 0 saturated carbocycles. The van der Waals surface area contributed by atoms with Crippen molar-refractivity contribution in [3.05, 3.63) is 62.4 Å². The lowest BCUT2D eigenvalue weighted by Gasteiger charge is -2.00. The lowest BCUT2D eigenvalue weighted by Crippen LogP contribution is -2.22. The molecular formula is C12H10N4O4. The summed E-state index contributed by atoms with van der Waals surface area (Å²) in [5.41, 5.74) is 2.47. The number of hydrogen-bond acceptors (Lipinski definition) is 5. The second-order valence-electron chi connectivity index (χ2n) is 3.80. The van der Waals surface area contributed by atoms with Crippen LogP contribution in [0.5, 0.6) is 0 Å². The van der Waals surface area contributed by atoms with Crippen LogP contribution in [0.15, 0.2) is 45.0 Å². The largest absolute Gasteiger partial charge is 0.478 e. The van der Waals surface area contributed by atoms with E-state index in [4.69, 9.17) is 5.11 Å². The Morgan fingerprint density at radius 2 is 1.90 bits per heavy atom. The normalized spacial score (nSPS) is 10.6. The minimum atomic E-state index is -1.01. The van der Waals surface area contributed by atoms with Crippen molar-refractivity contribution in [1.29, 1.82) is 0 Å². The van der Waals surface area contributed by atoms with Crippen molar-refractivity contribution in [2.24, 2.45) is 5.10 Å². The molecule has 8 nitrogen and oxygen atoms in total. The predicted octanol–water partition coefficient (Wildman–Crippen LogP) is 0.207. The van der Waals surface area contributed by atoms with Gasteiger partial charge in [-0.3, -0.25) is 15.2 Å². The number of nitrogens with zero attached hydrogens (tertiary/aromatic N) is 1. The third-order valence-corrected chi connectivity index (χ3v) is 2.31. The van der Waals surface area contributed by atoms with Crippen molar-refractivity contribution < 1.29 is 9.90 Å². The molecule has 1 aromatic carbocycles. The Balaban J connectivity index is 2.07. The van der Waals surface area contributed by atoms with Crippen LogP contribution in [-0.4, -0.2) is 27.3 Å². The smallest absolute Gasteiger partial charge is 0.335 e. The Bertz CT molecular complexity index is 730. The van der Waals surface area contributed by atoms with Crippen molar-refractivity contribution in [3.8, 4) is 0 Å². The zero-order valence-electron chi connectivity index (χ0n) is 10.1. The van der Waals surface area contributed by atoms with Crippen molar-refractivity contribution in [3.63, 3.8) is 0 Å². The summed E-state index contributed by atoms with van der Waals surface area (Å²) >= 11 is 0. The van der Waals surface area contributed by atoms with Gasteiger partial charge < -0.3 is 10.1 Å². The molecule has 0 spiro atoms. The lowest BCUT2D eigenvalue weighted by atomic mass is 10.2. The molecular weight excluding hydrogens is 264 g/mol. The zero-order chi connectivity index (χ0) is 14.5. The second-order valence-corrected chi connectivity index (χ2v) is 3.80. The number of anilines is 1. The van der Waals surface area contributed by atoms with Crippen LogP contribution in [0, 0.1) is 0 Å². The first kappa shape index (κ1) is 13.3. The second kappa shape index (κ2) is 5.65. The summed E-state index contributed by atoms with van der Waals surface area (Å²) in [6, 6.07) is 7.12. The highest BCUT2D eigenvalue weighted by Crippen LogP contribution is 2.09. The van der Waals surface area contributed by atoms with Crippen LogP contribution >= 0.6 is 0 Å². The SMILES string of the molecule is O=C(O)c1ccc(N/N=C\c2cc(=O)[nH]c(=O)[nH]2)cc1. The van der Waals surface area contributed by atoms with Crippen molar-refractivity contribution in [2.75, 3.05) is 5.43 Å². The summed E-state index contributed by atoms with van der Waals surface area (Å²) < 4.78 is 0. The highest BCUT2D eigenvalue weighted by atomic mass is 16.4. The fourth-order valence-corrected chi connectivity index (χ4v) is 1.42. The van der Waals surface area contributed by atoms with E-state index in [9.17, 15) is 14.4 Å². The summed E-state index contributed by atoms with van der Waals surface area (Å²) in [6.45, 7) is 0. The number of aromatic nitrogens is 2. The van der Waals surface area contributed by atoms with E-state index in [1.165, 1.54) is 24.4 Å². The van der Waals surface area contributed by atoms with Gasteiger partial charge >= 0.3 is 11.7 Å². The van der Waals surface area contributed by atoms with Crippen molar-refractivity contribution in [1.82, 2.24) is 9.97 Å². The molecule has 1 heterocycles. The monoisotopic (exact) mass is 274 g/mol. The van der Waals surface area contributed by atoms with Crippen LogP contribution in [0.4, 0.5) is 5.69 Å². The maximum Gasteiger partial charge on any atom is 0.335 e. The molecule has 0 aliphatic rings. The van der Waals surface area contributed by atoms with E-state index in [2.05, 4.69) is 15.5 Å². The number of hydrazone groups is 1. The number of carboxylic acids is 1. The first-order valence-corrected chi connectivity index (χ1v) is 5.51. The number of H-pyrrole nitrogens is 2. The summed E-state index contributed by atoms with van der Waals surface area (Å²) in [7, 11) is 0. The van der Waals surface area contributed by atoms with E-state index in [1.54, 1.807) is 12.1 Å². The average Bonchev–Trinajstić information content (AvgIpc) is 2.38. The number of rotatable bonds is 4. The fraction of sp³-hybridized carbons (Fsp3) is 0. The number of aromatic amines is 2. The first-order valence-electron chi connectivity index (χ1n) is 5.51. The van der Waals surface area contributed by atoms with Gasteiger partial charge in [0.05, 0.1) is 23.2 Å². The molecule has 0 fully saturated rings. The minimum Gasteiger partial charge on any atom is -0.478 e. The first-order chi connectivity index (χ1) is 9.54. The molecule has 0 unspecified atom stereocenters. The van der Waals surface area contributed by atoms with Gasteiger partial charge in [0.25, 0.3) is 5.56 Å². The maximum absolute atomic E-state index is 11.0. The molecule has 2 rings (SSSR count). The molecule has 2 aromatic rings. The standard InChI is InChI=1S/C12H10N4O4/c17-10-5-9(14-12(20)15-10)6-13-16-8-3-1-7(2-4-8)11(18)19/h1-6,16H,(H,18,19)(H2,14,15,17,20)/b13-6-. The quantitative estimate of drug-likeness (QED) is 0.468. The number of benzene rings is 1. The van der Waals surface area contributed by atoms with Crippen molar-refractivity contribution in [2.45, 2.75) is 0 Å². The molecule has 0 aliphatic heterocycles. The molecule has 102 valence electrons. The van der Waals surface area contributed by atoms with E-state index in [0.29, 0.717) is 5.69 Å². The van der Waals surface area contributed by atoms with E-state index < -0.39 is 17.2 Å². The fourth-order valence-electron chi connectivity index (χ4n) is 1.42. The van der Waals surface area contributed by atoms with Crippen LogP contribution in [-0.2, 0) is 0 Å². The summed E-state index contributed by atoms with van der Waals surface area (Å²) in [5.74, 6) is -1.01. The lowest BCUT2D eigenvalue weighted by molar-refractivity contribution is 0.0697. The molecule has 0 aliphatic carbocycles. The highest BCUT2D eigenvalue weighted by molar-refractivity contribution is 5.88. The Hall–Kier alpha value is -3.16. The van der Waals surface area contributed by atoms with Crippen LogP contribution < -0.4 is 16.7 Å². The number of carboxylic acid groups (broad SMARTS) is 1. The zero-order valence-corrected chi connectivity index (χ0v) is 10.1. The van der Waals surface area contributed by atoms with Gasteiger partial charge in [-0.05, 0) is 24.3 Å². The topological polar surface area (TPSA) is 127 Å². The molecule has 0 atom stereocenters. The van der Waals surface area contributed by atoms with Gasteiger partial charge in [-0.15, -0.1) is 0 Å². The van der Waals surface area contributed by atoms with Gasteiger partial charge in [0.2, 0.25) is 0 Å². The van der Waals surface area contributed by atoms with Crippen LogP contribution in [0.3, 0.4) is 0 Å². The van der Waals surface area contributed by atoms with Gasteiger partial charge in [-0.1, -0.05) is 0 Å². The van der Waals surface area contributed by atoms with Crippen molar-refractivity contribution >= 4 is 17.9 Å². The molecule has 8 heteroatoms. The number of nitrogens with one attached hydrogen (secondary N) is 3. The van der Waals surface area contributed by atoms with E-state index in [0.717, 1.165) is 0 Å². The van der Waals surface area contributed by atoms with Gasteiger partial charge in [0.1, 0.15) is 0 Å². The van der Waals surface area contributed by atoms with Crippen LogP contribution in [0.25, 0.3) is 0 Å². The molecule has 0 amide bonds. The summed E-state index contributed by atoms with van der Waals surface area (Å²) in [4.78, 5) is 37.1. The molecule has 20 heavy (non-hydrogen) atoms. The minimum absolute atomic E-state index is 0.165. The Morgan fingerprint density at radius 1 is 1.20 bits per heavy atom. The molecule has 0 bridgehead atoms. The average molecular weight is 274 g/mol. The third kappa shape index (κ3) is 3.42. The van der Waals surface area contributed by atoms with Gasteiger partial charge in [-0.25, -0.2) is 9.59 Å². The highest BCUT2D eigenvalue weighted by Gasteiger charge is 2.00. The Kier molecular flexibility index (Phi) is 3.75. The Labute approximate surface area is 111 Å². The number of aromatic carboxylic acids is 1. The van der Waals surface area contributed by atoms with Gasteiger partial charge in [0.15, 0.2) is 0 Å². The maximum atomic E-state index is 11.0. The third-order valence-electron chi connectivity index (χ3n) is 2.31. The van der Waals surface area contributed by atoms with Gasteiger partial charge in [0, 0.05) is 6.07 Å². The Morgan fingerprint density at radius 3 is 2.50 bits per heavy atom. The van der Waals surface area contributed by atoms with Gasteiger partial charge in [-0.2, -0.15) is 5.10 Å². The number of hydrogen-bond donors (Lipinski definition) is 4. The molecule has 1 aromatic heterocycles. The van der Waals surface area contributed by atoms with Crippen LogP contribution in [0.1, 0.15) is 16.1 Å². The predicted molar refractivity (Wildman–Crippen MR) is 72.3 cm³/mol. The van der Waals surface area contributed by atoms with E-state index in [1.807, 2.05) is 4.98 Å².